The normalized spacial score (nSPS) is 18.5. The van der Waals surface area contributed by atoms with E-state index in [1.54, 1.807) is 0 Å². The van der Waals surface area contributed by atoms with Crippen LogP contribution in [0.3, 0.4) is 0 Å². The summed E-state index contributed by atoms with van der Waals surface area (Å²) in [6.07, 6.45) is 2.81. The Morgan fingerprint density at radius 1 is 1.41 bits per heavy atom. The molecule has 1 unspecified atom stereocenters. The maximum absolute atomic E-state index is 11.8. The molecule has 0 aliphatic heterocycles. The van der Waals surface area contributed by atoms with Gasteiger partial charge < -0.3 is 11.1 Å². The Morgan fingerprint density at radius 3 is 2.65 bits per heavy atom. The Balaban J connectivity index is 1.81. The number of hydrogen-bond acceptors (Lipinski definition) is 2. The van der Waals surface area contributed by atoms with Crippen LogP contribution in [0.2, 0.25) is 0 Å². The second-order valence-electron chi connectivity index (χ2n) is 4.91. The van der Waals surface area contributed by atoms with Gasteiger partial charge in [-0.05, 0) is 31.2 Å². The molecule has 3 nitrogen and oxygen atoms in total. The van der Waals surface area contributed by atoms with E-state index in [2.05, 4.69) is 5.32 Å². The largest absolute Gasteiger partial charge is 0.350 e. The van der Waals surface area contributed by atoms with Crippen molar-refractivity contribution in [3.63, 3.8) is 0 Å². The van der Waals surface area contributed by atoms with Crippen molar-refractivity contribution in [2.24, 2.45) is 11.7 Å². The van der Waals surface area contributed by atoms with E-state index in [9.17, 15) is 4.79 Å². The summed E-state index contributed by atoms with van der Waals surface area (Å²) in [7, 11) is 0. The van der Waals surface area contributed by atoms with E-state index in [-0.39, 0.29) is 18.0 Å². The molecular formula is C14H20N2O. The smallest absolute Gasteiger partial charge is 0.222 e. The molecule has 1 fully saturated rings. The van der Waals surface area contributed by atoms with Crippen LogP contribution in [0.1, 0.15) is 37.8 Å². The molecule has 0 spiro atoms. The van der Waals surface area contributed by atoms with E-state index in [1.807, 2.05) is 37.3 Å². The fourth-order valence-corrected chi connectivity index (χ4v) is 2.03. The Morgan fingerprint density at radius 2 is 2.06 bits per heavy atom. The van der Waals surface area contributed by atoms with Crippen LogP contribution >= 0.6 is 0 Å². The second kappa shape index (κ2) is 5.32. The van der Waals surface area contributed by atoms with Gasteiger partial charge in [-0.15, -0.1) is 0 Å². The van der Waals surface area contributed by atoms with Crippen LogP contribution in [0.5, 0.6) is 0 Å². The van der Waals surface area contributed by atoms with Crippen LogP contribution in [-0.2, 0) is 4.79 Å². The van der Waals surface area contributed by atoms with Crippen LogP contribution in [0, 0.1) is 5.92 Å². The Labute approximate surface area is 102 Å². The lowest BCUT2D eigenvalue weighted by Crippen LogP contribution is -2.34. The number of benzene rings is 1. The van der Waals surface area contributed by atoms with Crippen LogP contribution in [0.15, 0.2) is 30.3 Å². The molecule has 2 atom stereocenters. The van der Waals surface area contributed by atoms with Crippen LogP contribution in [0.25, 0.3) is 0 Å². The lowest BCUT2D eigenvalue weighted by molar-refractivity contribution is -0.122. The SMILES string of the molecule is C[C@@H](NC(=O)CC(N)C1CC1)c1ccccc1. The highest BCUT2D eigenvalue weighted by Crippen LogP contribution is 2.32. The molecule has 92 valence electrons. The zero-order valence-corrected chi connectivity index (χ0v) is 10.2. The van der Waals surface area contributed by atoms with E-state index in [4.69, 9.17) is 5.73 Å². The van der Waals surface area contributed by atoms with Gasteiger partial charge in [0.1, 0.15) is 0 Å². The molecule has 1 saturated carbocycles. The van der Waals surface area contributed by atoms with Crippen molar-refractivity contribution in [1.29, 1.82) is 0 Å². The van der Waals surface area contributed by atoms with Gasteiger partial charge in [0.05, 0.1) is 6.04 Å². The van der Waals surface area contributed by atoms with Gasteiger partial charge >= 0.3 is 0 Å². The van der Waals surface area contributed by atoms with Gasteiger partial charge in [0.25, 0.3) is 0 Å². The zero-order valence-electron chi connectivity index (χ0n) is 10.2. The third kappa shape index (κ3) is 3.56. The van der Waals surface area contributed by atoms with E-state index in [0.29, 0.717) is 12.3 Å². The highest BCUT2D eigenvalue weighted by Gasteiger charge is 2.29. The molecule has 0 saturated heterocycles. The topological polar surface area (TPSA) is 55.1 Å². The molecule has 17 heavy (non-hydrogen) atoms. The first-order chi connectivity index (χ1) is 8.16. The second-order valence-corrected chi connectivity index (χ2v) is 4.91. The minimum Gasteiger partial charge on any atom is -0.350 e. The number of nitrogens with one attached hydrogen (secondary N) is 1. The fraction of sp³-hybridized carbons (Fsp3) is 0.500. The van der Waals surface area contributed by atoms with E-state index in [0.717, 1.165) is 5.56 Å². The molecule has 0 bridgehead atoms. The number of hydrogen-bond donors (Lipinski definition) is 2. The summed E-state index contributed by atoms with van der Waals surface area (Å²) in [6, 6.07) is 10.1. The fourth-order valence-electron chi connectivity index (χ4n) is 2.03. The summed E-state index contributed by atoms with van der Waals surface area (Å²) in [4.78, 5) is 11.8. The van der Waals surface area contributed by atoms with Crippen molar-refractivity contribution in [3.05, 3.63) is 35.9 Å². The molecule has 3 heteroatoms. The minimum absolute atomic E-state index is 0.0398. The van der Waals surface area contributed by atoms with E-state index < -0.39 is 0 Å². The predicted octanol–water partition coefficient (Wildman–Crippen LogP) is 1.99. The van der Waals surface area contributed by atoms with Gasteiger partial charge in [-0.1, -0.05) is 30.3 Å². The first-order valence-electron chi connectivity index (χ1n) is 6.26. The lowest BCUT2D eigenvalue weighted by atomic mass is 10.1. The molecule has 1 amide bonds. The van der Waals surface area contributed by atoms with Crippen LogP contribution in [0.4, 0.5) is 0 Å². The van der Waals surface area contributed by atoms with E-state index in [1.165, 1.54) is 12.8 Å². The summed E-state index contributed by atoms with van der Waals surface area (Å²) in [6.45, 7) is 2.00. The number of carbonyl (C=O) groups is 1. The van der Waals surface area contributed by atoms with Gasteiger partial charge in [-0.3, -0.25) is 4.79 Å². The standard InChI is InChI=1S/C14H20N2O/c1-10(11-5-3-2-4-6-11)16-14(17)9-13(15)12-7-8-12/h2-6,10,12-13H,7-9,15H2,1H3,(H,16,17)/t10-,13?/m1/s1. The van der Waals surface area contributed by atoms with E-state index >= 15 is 0 Å². The predicted molar refractivity (Wildman–Crippen MR) is 68.3 cm³/mol. The molecule has 2 rings (SSSR count). The molecule has 0 heterocycles. The van der Waals surface area contributed by atoms with Crippen molar-refractivity contribution in [2.45, 2.75) is 38.3 Å². The molecule has 3 N–H and O–H groups in total. The van der Waals surface area contributed by atoms with Crippen LogP contribution in [-0.4, -0.2) is 11.9 Å². The highest BCUT2D eigenvalue weighted by atomic mass is 16.1. The van der Waals surface area contributed by atoms with Gasteiger partial charge in [0.15, 0.2) is 0 Å². The summed E-state index contributed by atoms with van der Waals surface area (Å²) in [5.41, 5.74) is 7.06. The van der Waals surface area contributed by atoms with Gasteiger partial charge in [0.2, 0.25) is 5.91 Å². The van der Waals surface area contributed by atoms with Crippen molar-refractivity contribution >= 4 is 5.91 Å². The Hall–Kier alpha value is -1.35. The number of carbonyl (C=O) groups excluding carboxylic acids is 1. The lowest BCUT2D eigenvalue weighted by Gasteiger charge is -2.16. The van der Waals surface area contributed by atoms with Crippen LogP contribution < -0.4 is 11.1 Å². The monoisotopic (exact) mass is 232 g/mol. The molecule has 0 aromatic heterocycles. The molecule has 1 aromatic carbocycles. The molecular weight excluding hydrogens is 212 g/mol. The summed E-state index contributed by atoms with van der Waals surface area (Å²) in [5.74, 6) is 0.633. The summed E-state index contributed by atoms with van der Waals surface area (Å²) < 4.78 is 0. The molecule has 0 radical (unpaired) electrons. The van der Waals surface area contributed by atoms with Crippen molar-refractivity contribution in [2.75, 3.05) is 0 Å². The van der Waals surface area contributed by atoms with Gasteiger partial charge in [-0.25, -0.2) is 0 Å². The number of rotatable bonds is 5. The Kier molecular flexibility index (Phi) is 3.79. The first kappa shape index (κ1) is 12.1. The van der Waals surface area contributed by atoms with Crippen molar-refractivity contribution in [3.8, 4) is 0 Å². The van der Waals surface area contributed by atoms with Gasteiger partial charge in [0, 0.05) is 12.5 Å². The Bertz CT molecular complexity index is 373. The minimum atomic E-state index is 0.0398. The third-order valence-corrected chi connectivity index (χ3v) is 3.33. The van der Waals surface area contributed by atoms with Crippen molar-refractivity contribution in [1.82, 2.24) is 5.32 Å². The van der Waals surface area contributed by atoms with Crippen molar-refractivity contribution < 1.29 is 4.79 Å². The maximum atomic E-state index is 11.8. The number of amides is 1. The molecule has 1 aliphatic carbocycles. The van der Waals surface area contributed by atoms with Gasteiger partial charge in [-0.2, -0.15) is 0 Å². The summed E-state index contributed by atoms with van der Waals surface area (Å²) in [5, 5.41) is 2.99. The molecule has 1 aliphatic rings. The summed E-state index contributed by atoms with van der Waals surface area (Å²) >= 11 is 0. The number of nitrogens with two attached hydrogens (primary N) is 1. The quantitative estimate of drug-likeness (QED) is 0.815. The molecule has 1 aromatic rings. The third-order valence-electron chi connectivity index (χ3n) is 3.33. The highest BCUT2D eigenvalue weighted by molar-refractivity contribution is 5.77. The zero-order chi connectivity index (χ0) is 12.3. The maximum Gasteiger partial charge on any atom is 0.222 e. The average Bonchev–Trinajstić information content (AvgIpc) is 3.13. The first-order valence-corrected chi connectivity index (χ1v) is 6.26. The average molecular weight is 232 g/mol.